The Morgan fingerprint density at radius 1 is 0.964 bits per heavy atom. The number of carbonyl (C=O) groups excluding carboxylic acids is 2. The number of alkyl halides is 3. The van der Waals surface area contributed by atoms with Crippen LogP contribution in [0.1, 0.15) is 0 Å². The number of rotatable bonds is 8. The topological polar surface area (TPSA) is 88.7 Å². The molecule has 0 aromatic heterocycles. The molecule has 3 N–H and O–H groups in total. The van der Waals surface area contributed by atoms with Gasteiger partial charge < -0.3 is 20.2 Å². The number of amides is 1. The molecule has 1 unspecified atom stereocenters. The number of methoxy groups -OCH3 is 1. The number of nitrogens with one attached hydrogen (secondary N) is 3. The van der Waals surface area contributed by atoms with Gasteiger partial charge in [0.2, 0.25) is 0 Å². The first-order valence-electron chi connectivity index (χ1n) is 8.01. The van der Waals surface area contributed by atoms with Crippen LogP contribution < -0.4 is 20.9 Å². The molecule has 1 amide bonds. The van der Waals surface area contributed by atoms with Crippen LogP contribution in [-0.2, 0) is 14.3 Å². The van der Waals surface area contributed by atoms with E-state index in [2.05, 4.69) is 10.2 Å². The van der Waals surface area contributed by atoms with Gasteiger partial charge in [-0.1, -0.05) is 36.4 Å². The van der Waals surface area contributed by atoms with Gasteiger partial charge in [-0.05, 0) is 24.3 Å². The zero-order valence-corrected chi connectivity index (χ0v) is 14.7. The Labute approximate surface area is 158 Å². The van der Waals surface area contributed by atoms with Gasteiger partial charge in [0.05, 0.1) is 7.11 Å². The number of ether oxygens (including phenoxy) is 2. The third kappa shape index (κ3) is 5.13. The Morgan fingerprint density at radius 3 is 2.07 bits per heavy atom. The van der Waals surface area contributed by atoms with Crippen molar-refractivity contribution >= 4 is 17.6 Å². The standard InChI is InChI=1S/C18H18F3N3O4/c1-27-16(26)17(18(19,20)21,24-23-13-8-4-2-5-9-13)22-15(25)12-28-14-10-6-3-7-11-14/h2-11,23-24H,12H2,1H3,(H,22,25). The van der Waals surface area contributed by atoms with Gasteiger partial charge in [0, 0.05) is 5.69 Å². The van der Waals surface area contributed by atoms with Crippen molar-refractivity contribution in [2.75, 3.05) is 19.1 Å². The summed E-state index contributed by atoms with van der Waals surface area (Å²) in [4.78, 5) is 24.1. The molecule has 7 nitrogen and oxygen atoms in total. The zero-order chi connectivity index (χ0) is 20.6. The van der Waals surface area contributed by atoms with E-state index in [1.807, 2.05) is 5.43 Å². The quantitative estimate of drug-likeness (QED) is 0.360. The molecule has 0 saturated carbocycles. The molecule has 10 heteroatoms. The van der Waals surface area contributed by atoms with E-state index < -0.39 is 30.3 Å². The lowest BCUT2D eigenvalue weighted by Crippen LogP contribution is -2.74. The summed E-state index contributed by atoms with van der Waals surface area (Å²) in [7, 11) is 0.777. The lowest BCUT2D eigenvalue weighted by Gasteiger charge is -2.34. The highest BCUT2D eigenvalue weighted by molar-refractivity contribution is 5.89. The summed E-state index contributed by atoms with van der Waals surface area (Å²) < 4.78 is 50.7. The average molecular weight is 397 g/mol. The van der Waals surface area contributed by atoms with Crippen molar-refractivity contribution in [1.82, 2.24) is 10.7 Å². The van der Waals surface area contributed by atoms with Gasteiger partial charge in [-0.3, -0.25) is 4.79 Å². The predicted molar refractivity (Wildman–Crippen MR) is 94.1 cm³/mol. The molecule has 0 aliphatic rings. The molecule has 1 atom stereocenters. The monoisotopic (exact) mass is 397 g/mol. The van der Waals surface area contributed by atoms with Crippen molar-refractivity contribution in [3.8, 4) is 5.75 Å². The molecular weight excluding hydrogens is 379 g/mol. The van der Waals surface area contributed by atoms with Gasteiger partial charge >= 0.3 is 17.8 Å². The minimum atomic E-state index is -5.23. The fraction of sp³-hybridized carbons (Fsp3) is 0.222. The molecule has 0 aliphatic heterocycles. The number of anilines is 1. The number of benzene rings is 2. The first kappa shape index (κ1) is 21.0. The lowest BCUT2D eigenvalue weighted by molar-refractivity contribution is -0.219. The molecule has 0 heterocycles. The molecule has 2 aromatic carbocycles. The van der Waals surface area contributed by atoms with Crippen molar-refractivity contribution in [2.24, 2.45) is 0 Å². The van der Waals surface area contributed by atoms with Gasteiger partial charge in [-0.15, -0.1) is 0 Å². The number of hydrogen-bond donors (Lipinski definition) is 3. The van der Waals surface area contributed by atoms with Gasteiger partial charge in [-0.25, -0.2) is 4.79 Å². The second-order valence-electron chi connectivity index (χ2n) is 5.51. The highest BCUT2D eigenvalue weighted by Gasteiger charge is 2.63. The Morgan fingerprint density at radius 2 is 1.54 bits per heavy atom. The summed E-state index contributed by atoms with van der Waals surface area (Å²) in [5, 5.41) is 1.62. The largest absolute Gasteiger partial charge is 0.484 e. The highest BCUT2D eigenvalue weighted by atomic mass is 19.4. The van der Waals surface area contributed by atoms with Crippen LogP contribution in [0, 0.1) is 0 Å². The number of carbonyl (C=O) groups is 2. The summed E-state index contributed by atoms with van der Waals surface area (Å²) >= 11 is 0. The summed E-state index contributed by atoms with van der Waals surface area (Å²) in [5.41, 5.74) is 0.791. The van der Waals surface area contributed by atoms with Crippen LogP contribution in [0.15, 0.2) is 60.7 Å². The van der Waals surface area contributed by atoms with Gasteiger partial charge in [0.25, 0.3) is 5.91 Å². The van der Waals surface area contributed by atoms with E-state index in [1.54, 1.807) is 41.7 Å². The van der Waals surface area contributed by atoms with E-state index in [1.165, 1.54) is 24.3 Å². The summed E-state index contributed by atoms with van der Waals surface area (Å²) in [6.45, 7) is -0.744. The number of para-hydroxylation sites is 2. The Balaban J connectivity index is 2.18. The number of hydrogen-bond acceptors (Lipinski definition) is 6. The third-order valence-corrected chi connectivity index (χ3v) is 3.52. The predicted octanol–water partition coefficient (Wildman–Crippen LogP) is 2.23. The molecule has 0 saturated heterocycles. The minimum absolute atomic E-state index is 0.231. The fourth-order valence-corrected chi connectivity index (χ4v) is 2.14. The Hall–Kier alpha value is -3.27. The maximum atomic E-state index is 13.8. The zero-order valence-electron chi connectivity index (χ0n) is 14.7. The van der Waals surface area contributed by atoms with Crippen molar-refractivity contribution < 1.29 is 32.2 Å². The first-order valence-corrected chi connectivity index (χ1v) is 8.01. The molecule has 0 bridgehead atoms. The van der Waals surface area contributed by atoms with E-state index in [4.69, 9.17) is 4.74 Å². The van der Waals surface area contributed by atoms with Gasteiger partial charge in [0.1, 0.15) is 5.75 Å². The maximum Gasteiger partial charge on any atom is 0.438 e. The van der Waals surface area contributed by atoms with Crippen molar-refractivity contribution in [2.45, 2.75) is 11.8 Å². The first-order chi connectivity index (χ1) is 13.3. The number of esters is 1. The van der Waals surface area contributed by atoms with Gasteiger partial charge in [-0.2, -0.15) is 18.6 Å². The van der Waals surface area contributed by atoms with E-state index in [0.29, 0.717) is 0 Å². The molecular formula is C18H18F3N3O4. The molecule has 2 rings (SSSR count). The van der Waals surface area contributed by atoms with Gasteiger partial charge in [0.15, 0.2) is 6.61 Å². The molecule has 0 fully saturated rings. The number of halogens is 3. The summed E-state index contributed by atoms with van der Waals surface area (Å²) in [6.07, 6.45) is -5.23. The van der Waals surface area contributed by atoms with E-state index in [0.717, 1.165) is 7.11 Å². The van der Waals surface area contributed by atoms with Crippen LogP contribution in [0.4, 0.5) is 18.9 Å². The van der Waals surface area contributed by atoms with Crippen LogP contribution in [0.3, 0.4) is 0 Å². The number of hydrazine groups is 1. The normalized spacial score (nSPS) is 13.1. The summed E-state index contributed by atoms with van der Waals surface area (Å²) in [5.74, 6) is -2.66. The van der Waals surface area contributed by atoms with E-state index >= 15 is 0 Å². The molecule has 0 spiro atoms. The Bertz CT molecular complexity index is 788. The second kappa shape index (κ2) is 9.09. The SMILES string of the molecule is COC(=O)C(NNc1ccccc1)(NC(=O)COc1ccccc1)C(F)(F)F. The van der Waals surface area contributed by atoms with Crippen molar-refractivity contribution in [3.63, 3.8) is 0 Å². The summed E-state index contributed by atoms with van der Waals surface area (Å²) in [6, 6.07) is 15.8. The fourth-order valence-electron chi connectivity index (χ4n) is 2.14. The second-order valence-corrected chi connectivity index (χ2v) is 5.51. The smallest absolute Gasteiger partial charge is 0.438 e. The van der Waals surface area contributed by atoms with Crippen molar-refractivity contribution in [3.05, 3.63) is 60.7 Å². The maximum absolute atomic E-state index is 13.8. The third-order valence-electron chi connectivity index (χ3n) is 3.52. The van der Waals surface area contributed by atoms with Crippen LogP contribution >= 0.6 is 0 Å². The minimum Gasteiger partial charge on any atom is -0.484 e. The van der Waals surface area contributed by atoms with Crippen LogP contribution in [0.2, 0.25) is 0 Å². The van der Waals surface area contributed by atoms with Crippen LogP contribution in [0.25, 0.3) is 0 Å². The molecule has 0 radical (unpaired) electrons. The molecule has 2 aromatic rings. The van der Waals surface area contributed by atoms with Crippen LogP contribution in [0.5, 0.6) is 5.75 Å². The van der Waals surface area contributed by atoms with Crippen molar-refractivity contribution in [1.29, 1.82) is 0 Å². The van der Waals surface area contributed by atoms with E-state index in [9.17, 15) is 22.8 Å². The highest BCUT2D eigenvalue weighted by Crippen LogP contribution is 2.30. The Kier molecular flexibility index (Phi) is 6.83. The van der Waals surface area contributed by atoms with E-state index in [-0.39, 0.29) is 11.4 Å². The van der Waals surface area contributed by atoms with Crippen LogP contribution in [-0.4, -0.2) is 37.4 Å². The molecule has 0 aliphatic carbocycles. The molecule has 28 heavy (non-hydrogen) atoms. The average Bonchev–Trinajstić information content (AvgIpc) is 2.69. The lowest BCUT2D eigenvalue weighted by atomic mass is 10.1. The molecule has 150 valence electrons.